The van der Waals surface area contributed by atoms with Crippen molar-refractivity contribution >= 4 is 13.3 Å². The van der Waals surface area contributed by atoms with Crippen molar-refractivity contribution in [3.8, 4) is 16.9 Å². The molecule has 104 valence electrons. The first-order valence-electron chi connectivity index (χ1n) is 5.85. The van der Waals surface area contributed by atoms with Crippen molar-refractivity contribution in [3.05, 3.63) is 47.0 Å². The van der Waals surface area contributed by atoms with E-state index in [0.717, 1.165) is 12.1 Å². The van der Waals surface area contributed by atoms with Crippen molar-refractivity contribution in [2.45, 2.75) is 6.92 Å². The van der Waals surface area contributed by atoms with E-state index in [1.165, 1.54) is 21.9 Å². The smallest absolute Gasteiger partial charge is 0.168 e. The van der Waals surface area contributed by atoms with Crippen molar-refractivity contribution < 1.29 is 22.3 Å². The lowest BCUT2D eigenvalue weighted by atomic mass is 9.84. The van der Waals surface area contributed by atoms with E-state index in [1.807, 2.05) is 0 Å². The molecule has 0 heterocycles. The lowest BCUT2D eigenvalue weighted by Gasteiger charge is -2.16. The molecule has 2 aromatic rings. The predicted octanol–water partition coefficient (Wildman–Crippen LogP) is 2.49. The van der Waals surface area contributed by atoms with Gasteiger partial charge in [-0.3, -0.25) is 0 Å². The average Bonchev–Trinajstić information content (AvgIpc) is 2.38. The summed E-state index contributed by atoms with van der Waals surface area (Å²) in [5.74, 6) is -3.57. The van der Waals surface area contributed by atoms with Crippen LogP contribution >= 0.6 is 0 Å². The highest BCUT2D eigenvalue weighted by Crippen LogP contribution is 2.34. The van der Waals surface area contributed by atoms with E-state index in [2.05, 4.69) is 0 Å². The number of halogens is 4. The zero-order chi connectivity index (χ0) is 15.0. The molecule has 0 atom stereocenters. The summed E-state index contributed by atoms with van der Waals surface area (Å²) in [6.07, 6.45) is 0. The minimum absolute atomic E-state index is 0.0147. The van der Waals surface area contributed by atoms with Crippen LogP contribution in [-0.4, -0.2) is 15.0 Å². The molecular weight excluding hydrogens is 271 g/mol. The van der Waals surface area contributed by atoms with Crippen LogP contribution in [0.25, 0.3) is 11.1 Å². The Kier molecular flexibility index (Phi) is 3.75. The van der Waals surface area contributed by atoms with Gasteiger partial charge in [0.25, 0.3) is 0 Å². The molecule has 0 aliphatic rings. The van der Waals surface area contributed by atoms with Gasteiger partial charge in [-0.2, -0.15) is 0 Å². The van der Waals surface area contributed by atoms with Crippen LogP contribution < -0.4 is 10.2 Å². The summed E-state index contributed by atoms with van der Waals surface area (Å²) in [6.45, 7) is 1.41. The van der Waals surface area contributed by atoms with E-state index in [1.54, 1.807) is 0 Å². The molecular formula is C14H11BF4O. The molecule has 6 heteroatoms. The fourth-order valence-electron chi connectivity index (χ4n) is 2.12. The molecule has 0 fully saturated rings. The Labute approximate surface area is 114 Å². The summed E-state index contributed by atoms with van der Waals surface area (Å²) in [7, 11) is 2.61. The minimum Gasteiger partial charge on any atom is -0.493 e. The van der Waals surface area contributed by atoms with Crippen LogP contribution in [0.2, 0.25) is 0 Å². The van der Waals surface area contributed by atoms with Gasteiger partial charge in [0.15, 0.2) is 11.6 Å². The summed E-state index contributed by atoms with van der Waals surface area (Å²) in [5.41, 5.74) is 0.241. The minimum atomic E-state index is -0.922. The Hall–Kier alpha value is -1.98. The van der Waals surface area contributed by atoms with E-state index in [4.69, 9.17) is 4.74 Å². The first-order chi connectivity index (χ1) is 9.36. The lowest BCUT2D eigenvalue weighted by Crippen LogP contribution is -2.16. The van der Waals surface area contributed by atoms with Crippen LogP contribution in [0.4, 0.5) is 17.6 Å². The van der Waals surface area contributed by atoms with E-state index >= 15 is 0 Å². The quantitative estimate of drug-likeness (QED) is 0.607. The summed E-state index contributed by atoms with van der Waals surface area (Å²) < 4.78 is 59.4. The maximum Gasteiger partial charge on any atom is 0.168 e. The first kappa shape index (κ1) is 14.4. The van der Waals surface area contributed by atoms with Gasteiger partial charge in [-0.25, -0.2) is 17.6 Å². The monoisotopic (exact) mass is 282 g/mol. The molecule has 0 radical (unpaired) electrons. The van der Waals surface area contributed by atoms with E-state index in [-0.39, 0.29) is 27.9 Å². The summed E-state index contributed by atoms with van der Waals surface area (Å²) in [6, 6.07) is 2.43. The van der Waals surface area contributed by atoms with Crippen molar-refractivity contribution in [1.82, 2.24) is 0 Å². The Morgan fingerprint density at radius 3 is 2.20 bits per heavy atom. The summed E-state index contributed by atoms with van der Waals surface area (Å²) in [4.78, 5) is 0. The third-order valence-electron chi connectivity index (χ3n) is 3.21. The van der Waals surface area contributed by atoms with Gasteiger partial charge in [-0.05, 0) is 29.6 Å². The van der Waals surface area contributed by atoms with Crippen LogP contribution in [0.5, 0.6) is 5.75 Å². The zero-order valence-electron chi connectivity index (χ0n) is 11.2. The van der Waals surface area contributed by atoms with Gasteiger partial charge in [0.05, 0.1) is 7.11 Å². The molecule has 2 rings (SSSR count). The lowest BCUT2D eigenvalue weighted by molar-refractivity contribution is 0.386. The van der Waals surface area contributed by atoms with Gasteiger partial charge in [-0.1, -0.05) is 0 Å². The average molecular weight is 282 g/mol. The highest BCUT2D eigenvalue weighted by Gasteiger charge is 2.21. The molecule has 20 heavy (non-hydrogen) atoms. The zero-order valence-corrected chi connectivity index (χ0v) is 11.2. The van der Waals surface area contributed by atoms with Crippen molar-refractivity contribution in [3.63, 3.8) is 0 Å². The number of rotatable bonds is 2. The molecule has 0 aliphatic heterocycles. The highest BCUT2D eigenvalue weighted by molar-refractivity contribution is 6.36. The fraction of sp³-hybridized carbons (Fsp3) is 0.143. The topological polar surface area (TPSA) is 9.23 Å². The summed E-state index contributed by atoms with van der Waals surface area (Å²) >= 11 is 0. The van der Waals surface area contributed by atoms with Crippen molar-refractivity contribution in [1.29, 1.82) is 0 Å². The molecule has 0 aromatic heterocycles. The highest BCUT2D eigenvalue weighted by atomic mass is 19.1. The maximum atomic E-state index is 13.8. The second-order valence-electron chi connectivity index (χ2n) is 4.43. The second-order valence-corrected chi connectivity index (χ2v) is 4.43. The van der Waals surface area contributed by atoms with E-state index in [9.17, 15) is 17.6 Å². The van der Waals surface area contributed by atoms with Crippen molar-refractivity contribution in [2.24, 2.45) is 0 Å². The molecule has 0 aliphatic carbocycles. The third-order valence-corrected chi connectivity index (χ3v) is 3.21. The van der Waals surface area contributed by atoms with E-state index < -0.39 is 23.3 Å². The number of ether oxygens (including phenoxy) is 1. The molecule has 0 amide bonds. The Bertz CT molecular complexity index is 686. The SMILES string of the molecule is Bc1c(F)cc(F)c(OC)c1-c1cc(F)cc(F)c1C. The molecule has 2 aromatic carbocycles. The van der Waals surface area contributed by atoms with Gasteiger partial charge in [-0.15, -0.1) is 0 Å². The second kappa shape index (κ2) is 5.19. The number of hydrogen-bond acceptors (Lipinski definition) is 1. The molecule has 0 saturated heterocycles. The van der Waals surface area contributed by atoms with Gasteiger partial charge in [0, 0.05) is 17.7 Å². The largest absolute Gasteiger partial charge is 0.493 e. The van der Waals surface area contributed by atoms with Crippen LogP contribution in [-0.2, 0) is 0 Å². The Morgan fingerprint density at radius 1 is 0.950 bits per heavy atom. The van der Waals surface area contributed by atoms with Gasteiger partial charge < -0.3 is 4.74 Å². The molecule has 1 nitrogen and oxygen atoms in total. The maximum absolute atomic E-state index is 13.8. The van der Waals surface area contributed by atoms with E-state index in [0.29, 0.717) is 6.07 Å². The summed E-state index contributed by atoms with van der Waals surface area (Å²) in [5, 5.41) is 0. The third kappa shape index (κ3) is 2.26. The number of hydrogen-bond donors (Lipinski definition) is 0. The van der Waals surface area contributed by atoms with Gasteiger partial charge in [0.2, 0.25) is 0 Å². The van der Waals surface area contributed by atoms with Gasteiger partial charge >= 0.3 is 0 Å². The standard InChI is InChI=1S/C14H11BF4O/c1-6-8(3-7(16)4-9(6)17)12-13(15)10(18)5-11(19)14(12)20-2/h3-5H,15H2,1-2H3. The van der Waals surface area contributed by atoms with Crippen LogP contribution in [0, 0.1) is 30.2 Å². The fourth-order valence-corrected chi connectivity index (χ4v) is 2.12. The predicted molar refractivity (Wildman–Crippen MR) is 71.2 cm³/mol. The molecule has 0 bridgehead atoms. The van der Waals surface area contributed by atoms with Crippen molar-refractivity contribution in [2.75, 3.05) is 7.11 Å². The number of methoxy groups -OCH3 is 1. The van der Waals surface area contributed by atoms with Gasteiger partial charge in [0.1, 0.15) is 25.3 Å². The number of benzene rings is 2. The first-order valence-corrected chi connectivity index (χ1v) is 5.85. The van der Waals surface area contributed by atoms with Crippen LogP contribution in [0.1, 0.15) is 5.56 Å². The Morgan fingerprint density at radius 2 is 1.60 bits per heavy atom. The normalized spacial score (nSPS) is 10.7. The Balaban J connectivity index is 2.88. The molecule has 0 spiro atoms. The van der Waals surface area contributed by atoms with Crippen LogP contribution in [0.3, 0.4) is 0 Å². The van der Waals surface area contributed by atoms with Crippen LogP contribution in [0.15, 0.2) is 18.2 Å². The molecule has 0 saturated carbocycles. The molecule has 0 unspecified atom stereocenters. The molecule has 0 N–H and O–H groups in total.